The Morgan fingerprint density at radius 3 is 1.87 bits per heavy atom. The zero-order valence-electron chi connectivity index (χ0n) is 46.5. The minimum atomic E-state index is -3.08. The molecule has 0 unspecified atom stereocenters. The van der Waals surface area contributed by atoms with Crippen molar-refractivity contribution in [2.45, 2.75) is 0 Å². The SMILES string of the molecule is [2H]c1c([2H])c([2H])c(-c2cccc(-c3c([2H])c([2H])c([2H])c([2H])c3[2H])c2-[n+]2[c-]n(-c3cccc(Oc4ccc5c6cccc7c6n(c5c4)-c4nc5ccccc5n4[Si]7(c4ccccc4)c4ccccc4)c3)c3ccccc32)c([2H])c1[2H]. The van der Waals surface area contributed by atoms with E-state index in [-0.39, 0.29) is 27.9 Å². The maximum atomic E-state index is 9.08. The van der Waals surface area contributed by atoms with Gasteiger partial charge >= 0.3 is 0 Å². The Bertz CT molecular complexity index is 4550. The molecular formula is C62H41N5OSi. The van der Waals surface area contributed by atoms with E-state index in [1.165, 1.54) is 15.6 Å². The molecule has 0 aliphatic carbocycles. The number of benzene rings is 10. The van der Waals surface area contributed by atoms with Crippen molar-refractivity contribution >= 4 is 67.7 Å². The fourth-order valence-electron chi connectivity index (χ4n) is 10.5. The third kappa shape index (κ3) is 5.91. The van der Waals surface area contributed by atoms with Gasteiger partial charge in [-0.05, 0) is 80.3 Å². The second kappa shape index (κ2) is 15.5. The summed E-state index contributed by atoms with van der Waals surface area (Å²) in [6.07, 6.45) is 3.47. The van der Waals surface area contributed by atoms with E-state index >= 15 is 0 Å². The van der Waals surface area contributed by atoms with Crippen LogP contribution in [-0.4, -0.2) is 26.6 Å². The lowest BCUT2D eigenvalue weighted by molar-refractivity contribution is -0.571. The number of hydrogen-bond donors (Lipinski definition) is 0. The Morgan fingerprint density at radius 2 is 1.14 bits per heavy atom. The molecule has 7 heteroatoms. The number of para-hydroxylation sites is 6. The van der Waals surface area contributed by atoms with Crippen molar-refractivity contribution in [3.63, 3.8) is 0 Å². The number of nitrogens with zero attached hydrogens (tertiary/aromatic N) is 5. The van der Waals surface area contributed by atoms with E-state index in [0.717, 1.165) is 38.8 Å². The van der Waals surface area contributed by atoms with Gasteiger partial charge in [-0.1, -0.05) is 200 Å². The fraction of sp³-hybridized carbons (Fsp3) is 0. The highest BCUT2D eigenvalue weighted by molar-refractivity contribution is 7.12. The second-order valence-corrected chi connectivity index (χ2v) is 20.5. The molecule has 3 aromatic heterocycles. The zero-order chi connectivity index (χ0) is 54.2. The van der Waals surface area contributed by atoms with Crippen molar-refractivity contribution in [1.29, 1.82) is 0 Å². The largest absolute Gasteiger partial charge is 0.458 e. The van der Waals surface area contributed by atoms with E-state index in [2.05, 4.69) is 124 Å². The Labute approximate surface area is 413 Å². The number of aromatic nitrogens is 5. The third-order valence-corrected chi connectivity index (χ3v) is 17.9. The monoisotopic (exact) mass is 909 g/mol. The van der Waals surface area contributed by atoms with Crippen LogP contribution in [0.15, 0.2) is 248 Å². The summed E-state index contributed by atoms with van der Waals surface area (Å²) in [5, 5.41) is 5.88. The molecule has 0 fully saturated rings. The third-order valence-electron chi connectivity index (χ3n) is 13.3. The highest BCUT2D eigenvalue weighted by atomic mass is 28.3. The van der Waals surface area contributed by atoms with Crippen LogP contribution < -0.4 is 24.9 Å². The van der Waals surface area contributed by atoms with Crippen molar-refractivity contribution < 1.29 is 23.0 Å². The number of rotatable bonds is 8. The lowest BCUT2D eigenvalue weighted by Gasteiger charge is -2.39. The van der Waals surface area contributed by atoms with Gasteiger partial charge in [0.25, 0.3) is 14.6 Å². The van der Waals surface area contributed by atoms with Crippen molar-refractivity contribution in [1.82, 2.24) is 18.4 Å². The predicted molar refractivity (Wildman–Crippen MR) is 282 cm³/mol. The van der Waals surface area contributed by atoms with Gasteiger partial charge in [-0.2, -0.15) is 0 Å². The van der Waals surface area contributed by atoms with E-state index in [4.69, 9.17) is 23.4 Å². The number of hydrogen-bond acceptors (Lipinski definition) is 2. The van der Waals surface area contributed by atoms with Gasteiger partial charge in [-0.15, -0.1) is 0 Å². The topological polar surface area (TPSA) is 40.8 Å². The molecule has 0 saturated heterocycles. The summed E-state index contributed by atoms with van der Waals surface area (Å²) in [7, 11) is -3.08. The first kappa shape index (κ1) is 30.3. The van der Waals surface area contributed by atoms with Gasteiger partial charge in [0.15, 0.2) is 0 Å². The Morgan fingerprint density at radius 1 is 0.522 bits per heavy atom. The number of fused-ring (bicyclic) bond motifs is 8. The van der Waals surface area contributed by atoms with Crippen LogP contribution >= 0.6 is 0 Å². The van der Waals surface area contributed by atoms with Gasteiger partial charge in [0.2, 0.25) is 5.95 Å². The summed E-state index contributed by atoms with van der Waals surface area (Å²) >= 11 is 0. The van der Waals surface area contributed by atoms with E-state index < -0.39 is 68.7 Å². The molecule has 0 bridgehead atoms. The fourth-order valence-corrected chi connectivity index (χ4v) is 15.5. The van der Waals surface area contributed by atoms with Crippen LogP contribution in [0.1, 0.15) is 13.7 Å². The molecule has 14 rings (SSSR count). The molecule has 1 aliphatic heterocycles. The molecule has 0 atom stereocenters. The summed E-state index contributed by atoms with van der Waals surface area (Å²) in [5.74, 6) is 1.92. The standard InChI is InChI=1S/C62H41N5OSi/c1-5-20-43(21-6-1)50-30-18-31-51(44-22-7-2-8-23-44)60(50)65-42-64(56-35-15-16-36-57(56)65)45-24-17-25-46(40-45)68-47-38-39-52-53-32-19-37-59-61(53)66(58(52)41-47)62-63-54-33-13-14-34-55(54)67(62)69(59,48-26-9-3-10-27-48)49-28-11-4-12-29-49/h1-41H/i1D,2D,5D,6D,7D,8D,20D,21D,22D,23D. The van der Waals surface area contributed by atoms with Gasteiger partial charge in [0.05, 0.1) is 58.2 Å². The van der Waals surface area contributed by atoms with Gasteiger partial charge in [0.1, 0.15) is 11.5 Å². The van der Waals surface area contributed by atoms with Gasteiger partial charge in [-0.3, -0.25) is 13.7 Å². The first-order valence-corrected chi connectivity index (χ1v) is 24.5. The Hall–Kier alpha value is -9.04. The predicted octanol–water partition coefficient (Wildman–Crippen LogP) is 12.1. The molecule has 4 heterocycles. The molecule has 324 valence electrons. The van der Waals surface area contributed by atoms with E-state index in [0.29, 0.717) is 28.2 Å². The molecule has 0 saturated carbocycles. The summed E-state index contributed by atoms with van der Waals surface area (Å²) in [6.45, 7) is 0. The summed E-state index contributed by atoms with van der Waals surface area (Å²) in [4.78, 5) is 5.46. The van der Waals surface area contributed by atoms with Crippen LogP contribution in [0.25, 0.3) is 83.4 Å². The molecule has 0 N–H and O–H groups in total. The molecule has 6 nitrogen and oxygen atoms in total. The maximum Gasteiger partial charge on any atom is 0.269 e. The normalized spacial score (nSPS) is 14.8. The lowest BCUT2D eigenvalue weighted by Crippen LogP contribution is -2.74. The van der Waals surface area contributed by atoms with Gasteiger partial charge in [-0.25, -0.2) is 4.98 Å². The van der Waals surface area contributed by atoms with Crippen LogP contribution in [0.5, 0.6) is 11.5 Å². The Balaban J connectivity index is 0.943. The molecule has 0 spiro atoms. The van der Waals surface area contributed by atoms with Crippen LogP contribution in [0.4, 0.5) is 0 Å². The van der Waals surface area contributed by atoms with Crippen molar-refractivity contribution in [3.8, 4) is 51.1 Å². The van der Waals surface area contributed by atoms with Gasteiger partial charge in [0, 0.05) is 16.8 Å². The molecule has 69 heavy (non-hydrogen) atoms. The van der Waals surface area contributed by atoms with Crippen molar-refractivity contribution in [3.05, 3.63) is 255 Å². The first-order valence-electron chi connectivity index (χ1n) is 27.6. The average molecular weight is 910 g/mol. The Kier molecular flexibility index (Phi) is 6.81. The number of imidazole rings is 2. The maximum absolute atomic E-state index is 9.08. The van der Waals surface area contributed by atoms with E-state index in [9.17, 15) is 0 Å². The number of ether oxygens (including phenoxy) is 1. The molecular weight excluding hydrogens is 859 g/mol. The molecule has 0 radical (unpaired) electrons. The van der Waals surface area contributed by atoms with Crippen molar-refractivity contribution in [2.24, 2.45) is 0 Å². The van der Waals surface area contributed by atoms with Crippen LogP contribution in [0.2, 0.25) is 0 Å². The quantitative estimate of drug-likeness (QED) is 0.0866. The zero-order valence-corrected chi connectivity index (χ0v) is 37.5. The summed E-state index contributed by atoms with van der Waals surface area (Å²) in [6, 6.07) is 57.4. The van der Waals surface area contributed by atoms with Gasteiger partial charge < -0.3 is 8.97 Å². The van der Waals surface area contributed by atoms with E-state index in [1.54, 1.807) is 27.3 Å². The van der Waals surface area contributed by atoms with Crippen molar-refractivity contribution in [2.75, 3.05) is 0 Å². The average Bonchev–Trinajstić information content (AvgIpc) is 3.76. The minimum Gasteiger partial charge on any atom is -0.458 e. The van der Waals surface area contributed by atoms with E-state index in [1.807, 2.05) is 60.7 Å². The smallest absolute Gasteiger partial charge is 0.269 e. The lowest BCUT2D eigenvalue weighted by atomic mass is 9.95. The molecule has 0 amide bonds. The highest BCUT2D eigenvalue weighted by Gasteiger charge is 2.49. The van der Waals surface area contributed by atoms with Crippen LogP contribution in [0, 0.1) is 6.33 Å². The first-order chi connectivity index (χ1) is 38.4. The molecule has 13 aromatic rings. The summed E-state index contributed by atoms with van der Waals surface area (Å²) < 4.78 is 103. The summed E-state index contributed by atoms with van der Waals surface area (Å²) in [5.41, 5.74) is 6.03. The van der Waals surface area contributed by atoms with Crippen LogP contribution in [0.3, 0.4) is 0 Å². The minimum absolute atomic E-state index is 0.132. The molecule has 1 aliphatic rings. The highest BCUT2D eigenvalue weighted by Crippen LogP contribution is 2.40. The molecule has 10 aromatic carbocycles. The second-order valence-electron chi connectivity index (χ2n) is 17.0. The van der Waals surface area contributed by atoms with Crippen LogP contribution in [-0.2, 0) is 0 Å².